The van der Waals surface area contributed by atoms with Crippen LogP contribution in [0.25, 0.3) is 0 Å². The molecule has 6 heteroatoms. The first kappa shape index (κ1) is 24.2. The maximum Gasteiger partial charge on any atom is 0.417 e. The minimum atomic E-state index is -0.966. The zero-order chi connectivity index (χ0) is 23.7. The van der Waals surface area contributed by atoms with Gasteiger partial charge in [-0.15, -0.1) is 0 Å². The van der Waals surface area contributed by atoms with E-state index in [1.165, 1.54) is 4.90 Å². The summed E-state index contributed by atoms with van der Waals surface area (Å²) >= 11 is 0. The van der Waals surface area contributed by atoms with Crippen molar-refractivity contribution in [1.29, 1.82) is 0 Å². The first-order valence-corrected chi connectivity index (χ1v) is 12.0. The van der Waals surface area contributed by atoms with Gasteiger partial charge in [-0.25, -0.2) is 9.69 Å². The summed E-state index contributed by atoms with van der Waals surface area (Å²) in [6, 6.07) is 19.4. The van der Waals surface area contributed by atoms with Gasteiger partial charge >= 0.3 is 6.09 Å². The topological polar surface area (TPSA) is 55.8 Å². The highest BCUT2D eigenvalue weighted by molar-refractivity contribution is 6.00. The second kappa shape index (κ2) is 8.83. The monoisotopic (exact) mass is 453 g/mol. The molecule has 1 heterocycles. The quantitative estimate of drug-likeness (QED) is 0.643. The van der Waals surface area contributed by atoms with E-state index in [1.54, 1.807) is 0 Å². The van der Waals surface area contributed by atoms with Crippen LogP contribution < -0.4 is 0 Å². The predicted octanol–water partition coefficient (Wildman–Crippen LogP) is 4.43. The predicted molar refractivity (Wildman–Crippen MR) is 129 cm³/mol. The molecule has 0 bridgehead atoms. The van der Waals surface area contributed by atoms with Gasteiger partial charge in [0, 0.05) is 6.04 Å². The molecular formula is C26H35NO4Si. The number of nitrogens with zero attached hydrogens (tertiary/aromatic N) is 1. The van der Waals surface area contributed by atoms with Crippen LogP contribution in [0.15, 0.2) is 60.7 Å². The number of imide groups is 1. The zero-order valence-corrected chi connectivity index (χ0v) is 22.2. The fourth-order valence-corrected chi connectivity index (χ4v) is 5.43. The molecule has 0 aliphatic carbocycles. The van der Waals surface area contributed by atoms with E-state index in [-0.39, 0.29) is 17.4 Å². The Labute approximate surface area is 194 Å². The van der Waals surface area contributed by atoms with E-state index in [9.17, 15) is 9.59 Å². The Hall–Kier alpha value is -2.44. The van der Waals surface area contributed by atoms with Crippen LogP contribution in [-0.2, 0) is 19.6 Å². The average Bonchev–Trinajstić information content (AvgIpc) is 3.08. The summed E-state index contributed by atoms with van der Waals surface area (Å²) in [4.78, 5) is 28.6. The van der Waals surface area contributed by atoms with Crippen LogP contribution in [0.1, 0.15) is 59.1 Å². The van der Waals surface area contributed by atoms with Crippen molar-refractivity contribution in [3.05, 3.63) is 71.8 Å². The van der Waals surface area contributed by atoms with Gasteiger partial charge in [-0.3, -0.25) is 4.79 Å². The molecule has 1 aliphatic heterocycles. The molecule has 0 spiro atoms. The third-order valence-corrected chi connectivity index (χ3v) is 6.76. The number of hydrogen-bond acceptors (Lipinski definition) is 4. The number of benzene rings is 2. The Bertz CT molecular complexity index is 908. The molecule has 1 fully saturated rings. The molecule has 0 aromatic heterocycles. The number of carbonyl (C=O) groups is 2. The molecule has 1 saturated heterocycles. The van der Waals surface area contributed by atoms with Crippen LogP contribution in [0, 0.1) is 11.3 Å². The lowest BCUT2D eigenvalue weighted by atomic mass is 9.73. The van der Waals surface area contributed by atoms with Crippen molar-refractivity contribution in [3.8, 4) is 0 Å². The molecule has 3 rings (SSSR count). The third-order valence-electron chi connectivity index (χ3n) is 6.11. The summed E-state index contributed by atoms with van der Waals surface area (Å²) in [6.45, 7) is 11.6. The number of likely N-dealkylation sites (tertiary alicyclic amines) is 1. The fourth-order valence-electron chi connectivity index (χ4n) is 4.68. The van der Waals surface area contributed by atoms with Crippen molar-refractivity contribution in [2.24, 2.45) is 11.3 Å². The molecular weight excluding hydrogens is 418 g/mol. The van der Waals surface area contributed by atoms with Crippen LogP contribution in [0.5, 0.6) is 0 Å². The van der Waals surface area contributed by atoms with Gasteiger partial charge in [-0.05, 0) is 43.7 Å². The molecule has 2 aromatic rings. The molecule has 172 valence electrons. The maximum absolute atomic E-state index is 14.0. The van der Waals surface area contributed by atoms with Crippen molar-refractivity contribution in [2.75, 3.05) is 0 Å². The highest BCUT2D eigenvalue weighted by Gasteiger charge is 2.57. The summed E-state index contributed by atoms with van der Waals surface area (Å²) in [5, 5.41) is 0. The van der Waals surface area contributed by atoms with Gasteiger partial charge in [-0.1, -0.05) is 81.4 Å². The third kappa shape index (κ3) is 4.52. The van der Waals surface area contributed by atoms with E-state index in [0.29, 0.717) is 16.9 Å². The lowest BCUT2D eigenvalue weighted by molar-refractivity contribution is -0.136. The highest BCUT2D eigenvalue weighted by atomic mass is 28.2. The second-order valence-electron chi connectivity index (χ2n) is 10.5. The first-order valence-electron chi connectivity index (χ1n) is 11.1. The number of ether oxygens (including phenoxy) is 1. The molecule has 2 atom stereocenters. The Morgan fingerprint density at radius 1 is 0.906 bits per heavy atom. The molecule has 0 N–H and O–H groups in total. The fraction of sp³-hybridized carbons (Fsp3) is 0.462. The molecule has 0 radical (unpaired) electrons. The van der Waals surface area contributed by atoms with Crippen molar-refractivity contribution < 1.29 is 18.8 Å². The van der Waals surface area contributed by atoms with E-state index < -0.39 is 23.2 Å². The van der Waals surface area contributed by atoms with Gasteiger partial charge in [0.05, 0.1) is 5.92 Å². The van der Waals surface area contributed by atoms with Crippen LogP contribution >= 0.6 is 0 Å². The molecule has 2 amide bonds. The van der Waals surface area contributed by atoms with Crippen LogP contribution in [0.3, 0.4) is 0 Å². The minimum Gasteiger partial charge on any atom is -0.443 e. The van der Waals surface area contributed by atoms with E-state index in [4.69, 9.17) is 9.16 Å². The normalized spacial score (nSPS) is 19.9. The van der Waals surface area contributed by atoms with Crippen molar-refractivity contribution in [1.82, 2.24) is 4.90 Å². The van der Waals surface area contributed by atoms with Crippen molar-refractivity contribution >= 4 is 22.5 Å². The second-order valence-corrected chi connectivity index (χ2v) is 10.9. The average molecular weight is 454 g/mol. The highest BCUT2D eigenvalue weighted by Crippen LogP contribution is 2.49. The molecule has 5 nitrogen and oxygen atoms in total. The number of hydrogen-bond donors (Lipinski definition) is 0. The lowest BCUT2D eigenvalue weighted by Crippen LogP contribution is -2.48. The zero-order valence-electron chi connectivity index (χ0n) is 20.2. The summed E-state index contributed by atoms with van der Waals surface area (Å²) in [5.74, 6) is -0.802. The summed E-state index contributed by atoms with van der Waals surface area (Å²) < 4.78 is 12.1. The minimum absolute atomic E-state index is 0.247. The van der Waals surface area contributed by atoms with Gasteiger partial charge < -0.3 is 9.16 Å². The molecule has 2 unspecified atom stereocenters. The Kier molecular flexibility index (Phi) is 6.68. The van der Waals surface area contributed by atoms with Crippen LogP contribution in [0.2, 0.25) is 0 Å². The Morgan fingerprint density at radius 3 is 1.75 bits per heavy atom. The van der Waals surface area contributed by atoms with Crippen LogP contribution in [0.4, 0.5) is 4.79 Å². The van der Waals surface area contributed by atoms with Gasteiger partial charge in [0.25, 0.3) is 0 Å². The summed E-state index contributed by atoms with van der Waals surface area (Å²) in [6.07, 6.45) is -0.0959. The smallest absolute Gasteiger partial charge is 0.417 e. The Morgan fingerprint density at radius 2 is 1.38 bits per heavy atom. The molecule has 0 saturated carbocycles. The van der Waals surface area contributed by atoms with Gasteiger partial charge in [-0.2, -0.15) is 0 Å². The summed E-state index contributed by atoms with van der Waals surface area (Å²) in [5.41, 5.74) is -0.142. The standard InChI is InChI=1S/C26H35NO4Si/c1-24(2,3)21-17-20(22(28)27(21)23(29)30-25(4,5)6)26(31-32,18-13-9-7-10-14-18)19-15-11-8-12-16-19/h7-16,20-21H,17H2,1-6,32H3. The SMILES string of the molecule is CC(C)(C)OC(=O)N1C(=O)C(C(O[SiH3])(c2ccccc2)c2ccccc2)CC1C(C)(C)C. The lowest BCUT2D eigenvalue weighted by Gasteiger charge is -2.38. The van der Waals surface area contributed by atoms with Gasteiger partial charge in [0.1, 0.15) is 21.7 Å². The van der Waals surface area contributed by atoms with E-state index in [0.717, 1.165) is 11.1 Å². The number of amides is 2. The maximum atomic E-state index is 14.0. The van der Waals surface area contributed by atoms with Gasteiger partial charge in [0.15, 0.2) is 0 Å². The van der Waals surface area contributed by atoms with Crippen LogP contribution in [-0.4, -0.2) is 39.0 Å². The largest absolute Gasteiger partial charge is 0.443 e. The number of rotatable bonds is 4. The summed E-state index contributed by atoms with van der Waals surface area (Å²) in [7, 11) is 0.420. The molecule has 2 aromatic carbocycles. The molecule has 32 heavy (non-hydrogen) atoms. The molecule has 1 aliphatic rings. The Balaban J connectivity index is 2.17. The van der Waals surface area contributed by atoms with E-state index >= 15 is 0 Å². The van der Waals surface area contributed by atoms with Gasteiger partial charge in [0.2, 0.25) is 5.91 Å². The number of carbonyl (C=O) groups excluding carboxylic acids is 2. The van der Waals surface area contributed by atoms with Crippen molar-refractivity contribution in [2.45, 2.75) is 65.2 Å². The van der Waals surface area contributed by atoms with E-state index in [1.807, 2.05) is 81.4 Å². The van der Waals surface area contributed by atoms with Crippen molar-refractivity contribution in [3.63, 3.8) is 0 Å². The van der Waals surface area contributed by atoms with E-state index in [2.05, 4.69) is 20.8 Å². The first-order chi connectivity index (χ1) is 14.9.